The summed E-state index contributed by atoms with van der Waals surface area (Å²) >= 11 is 0. The van der Waals surface area contributed by atoms with Crippen molar-refractivity contribution in [2.75, 3.05) is 31.1 Å². The fraction of sp³-hybridized carbons (Fsp3) is 0.316. The molecule has 0 unspecified atom stereocenters. The van der Waals surface area contributed by atoms with Crippen LogP contribution in [0.15, 0.2) is 42.7 Å². The maximum Gasteiger partial charge on any atom is 0.179 e. The number of fused-ring (bicyclic) bond motifs is 2. The number of nitrogens with zero attached hydrogens (tertiary/aromatic N) is 6. The second-order valence-electron chi connectivity index (χ2n) is 6.85. The van der Waals surface area contributed by atoms with Crippen LogP contribution in [0.3, 0.4) is 0 Å². The first-order valence-corrected chi connectivity index (χ1v) is 8.98. The summed E-state index contributed by atoms with van der Waals surface area (Å²) in [6.07, 6.45) is 3.93. The molecule has 0 aliphatic carbocycles. The second-order valence-corrected chi connectivity index (χ2v) is 6.85. The number of aromatic amines is 1. The first kappa shape index (κ1) is 15.3. The highest BCUT2D eigenvalue weighted by molar-refractivity contribution is 5.82. The fourth-order valence-electron chi connectivity index (χ4n) is 3.76. The van der Waals surface area contributed by atoms with E-state index >= 15 is 0 Å². The van der Waals surface area contributed by atoms with Crippen LogP contribution in [0, 0.1) is 6.92 Å². The van der Waals surface area contributed by atoms with Gasteiger partial charge in [-0.05, 0) is 24.6 Å². The summed E-state index contributed by atoms with van der Waals surface area (Å²) in [4.78, 5) is 8.19. The Morgan fingerprint density at radius 3 is 2.85 bits per heavy atom. The van der Waals surface area contributed by atoms with Gasteiger partial charge in [0.15, 0.2) is 11.5 Å². The third-order valence-electron chi connectivity index (χ3n) is 5.22. The van der Waals surface area contributed by atoms with E-state index in [2.05, 4.69) is 60.4 Å². The topological polar surface area (TPSA) is 65.4 Å². The molecule has 0 amide bonds. The van der Waals surface area contributed by atoms with Gasteiger partial charge >= 0.3 is 0 Å². The molecular formula is C19H21N7. The monoisotopic (exact) mass is 347 g/mol. The maximum atomic E-state index is 4.46. The smallest absolute Gasteiger partial charge is 0.179 e. The summed E-state index contributed by atoms with van der Waals surface area (Å²) in [5, 5.41) is 14.1. The highest BCUT2D eigenvalue weighted by Crippen LogP contribution is 2.21. The van der Waals surface area contributed by atoms with Crippen LogP contribution in [-0.2, 0) is 6.54 Å². The van der Waals surface area contributed by atoms with Gasteiger partial charge in [-0.2, -0.15) is 9.61 Å². The zero-order chi connectivity index (χ0) is 17.5. The summed E-state index contributed by atoms with van der Waals surface area (Å²) in [5.74, 6) is 0.815. The number of piperazine rings is 1. The molecule has 0 bridgehead atoms. The number of aryl methyl sites for hydroxylation is 1. The number of hydrogen-bond acceptors (Lipinski definition) is 5. The fourth-order valence-corrected chi connectivity index (χ4v) is 3.76. The van der Waals surface area contributed by atoms with Crippen molar-refractivity contribution in [3.63, 3.8) is 0 Å². The number of rotatable bonds is 3. The summed E-state index contributed by atoms with van der Waals surface area (Å²) in [7, 11) is 0. The van der Waals surface area contributed by atoms with Gasteiger partial charge in [0.2, 0.25) is 0 Å². The summed E-state index contributed by atoms with van der Waals surface area (Å²) in [6.45, 7) is 6.97. The Morgan fingerprint density at radius 2 is 1.96 bits per heavy atom. The van der Waals surface area contributed by atoms with Crippen LogP contribution in [0.4, 0.5) is 5.69 Å². The molecule has 0 radical (unpaired) electrons. The van der Waals surface area contributed by atoms with Crippen LogP contribution >= 0.6 is 0 Å². The zero-order valence-corrected chi connectivity index (χ0v) is 14.8. The van der Waals surface area contributed by atoms with E-state index in [4.69, 9.17) is 0 Å². The van der Waals surface area contributed by atoms with Crippen LogP contribution in [0.2, 0.25) is 0 Å². The SMILES string of the molecule is Cc1nnc2cc(N3CCN(Cc4cccc5[nH]ccc45)CC3)cnn12. The number of H-pyrrole nitrogens is 1. The summed E-state index contributed by atoms with van der Waals surface area (Å²) < 4.78 is 1.78. The minimum absolute atomic E-state index is 0.807. The molecule has 1 aliphatic rings. The van der Waals surface area contributed by atoms with E-state index in [1.54, 1.807) is 4.52 Å². The molecule has 3 aromatic heterocycles. The molecule has 132 valence electrons. The molecule has 4 aromatic rings. The minimum atomic E-state index is 0.807. The van der Waals surface area contributed by atoms with Gasteiger partial charge in [0, 0.05) is 55.9 Å². The van der Waals surface area contributed by atoms with Gasteiger partial charge < -0.3 is 9.88 Å². The Bertz CT molecular complexity index is 1060. The van der Waals surface area contributed by atoms with Crippen molar-refractivity contribution < 1.29 is 0 Å². The lowest BCUT2D eigenvalue weighted by Crippen LogP contribution is -2.46. The molecule has 0 spiro atoms. The molecule has 26 heavy (non-hydrogen) atoms. The summed E-state index contributed by atoms with van der Waals surface area (Å²) in [6, 6.07) is 10.7. The average molecular weight is 347 g/mol. The Balaban J connectivity index is 1.29. The number of benzene rings is 1. The molecular weight excluding hydrogens is 326 g/mol. The van der Waals surface area contributed by atoms with E-state index in [1.165, 1.54) is 16.5 Å². The molecule has 7 heteroatoms. The lowest BCUT2D eigenvalue weighted by molar-refractivity contribution is 0.250. The predicted octanol–water partition coefficient (Wildman–Crippen LogP) is 2.24. The molecule has 5 rings (SSSR count). The van der Waals surface area contributed by atoms with Crippen molar-refractivity contribution in [2.45, 2.75) is 13.5 Å². The minimum Gasteiger partial charge on any atom is -0.368 e. The van der Waals surface area contributed by atoms with Crippen LogP contribution in [0.5, 0.6) is 0 Å². The Morgan fingerprint density at radius 1 is 1.08 bits per heavy atom. The molecule has 0 atom stereocenters. The van der Waals surface area contributed by atoms with E-state index in [9.17, 15) is 0 Å². The molecule has 1 aliphatic heterocycles. The van der Waals surface area contributed by atoms with Crippen molar-refractivity contribution >= 4 is 22.2 Å². The van der Waals surface area contributed by atoms with E-state index in [1.807, 2.05) is 19.3 Å². The Kier molecular flexibility index (Phi) is 3.60. The van der Waals surface area contributed by atoms with Crippen LogP contribution < -0.4 is 4.90 Å². The van der Waals surface area contributed by atoms with Crippen molar-refractivity contribution in [2.24, 2.45) is 0 Å². The van der Waals surface area contributed by atoms with Gasteiger partial charge in [-0.25, -0.2) is 0 Å². The first-order chi connectivity index (χ1) is 12.8. The van der Waals surface area contributed by atoms with Gasteiger partial charge in [-0.1, -0.05) is 12.1 Å². The van der Waals surface area contributed by atoms with Crippen LogP contribution in [-0.4, -0.2) is 55.9 Å². The van der Waals surface area contributed by atoms with Gasteiger partial charge in [0.1, 0.15) is 0 Å². The van der Waals surface area contributed by atoms with Crippen LogP contribution in [0.1, 0.15) is 11.4 Å². The third-order valence-corrected chi connectivity index (χ3v) is 5.22. The van der Waals surface area contributed by atoms with Crippen molar-refractivity contribution in [1.29, 1.82) is 0 Å². The average Bonchev–Trinajstić information content (AvgIpc) is 3.30. The van der Waals surface area contributed by atoms with Crippen molar-refractivity contribution in [3.05, 3.63) is 54.1 Å². The van der Waals surface area contributed by atoms with E-state index in [0.29, 0.717) is 0 Å². The second kappa shape index (κ2) is 6.10. The Hall–Kier alpha value is -2.93. The highest BCUT2D eigenvalue weighted by atomic mass is 15.4. The quantitative estimate of drug-likeness (QED) is 0.616. The Labute approximate surface area is 151 Å². The molecule has 1 aromatic carbocycles. The number of aromatic nitrogens is 5. The molecule has 1 N–H and O–H groups in total. The standard InChI is InChI=1S/C19H21N7/c1-14-22-23-19-11-16(12-21-26(14)19)25-9-7-24(8-10-25)13-15-3-2-4-18-17(15)5-6-20-18/h2-6,11-12,20H,7-10,13H2,1H3. The van der Waals surface area contributed by atoms with E-state index in [-0.39, 0.29) is 0 Å². The van der Waals surface area contributed by atoms with Gasteiger partial charge in [0.25, 0.3) is 0 Å². The van der Waals surface area contributed by atoms with E-state index in [0.717, 1.165) is 49.9 Å². The van der Waals surface area contributed by atoms with Gasteiger partial charge in [-0.15, -0.1) is 10.2 Å². The molecule has 1 fully saturated rings. The van der Waals surface area contributed by atoms with Crippen LogP contribution in [0.25, 0.3) is 16.6 Å². The number of nitrogens with one attached hydrogen (secondary N) is 1. The predicted molar refractivity (Wildman–Crippen MR) is 101 cm³/mol. The first-order valence-electron chi connectivity index (χ1n) is 8.98. The normalized spacial score (nSPS) is 16.0. The number of anilines is 1. The van der Waals surface area contributed by atoms with Gasteiger partial charge in [0.05, 0.1) is 11.9 Å². The molecule has 0 saturated carbocycles. The maximum absolute atomic E-state index is 4.46. The van der Waals surface area contributed by atoms with E-state index < -0.39 is 0 Å². The number of hydrogen-bond donors (Lipinski definition) is 1. The molecule has 1 saturated heterocycles. The van der Waals surface area contributed by atoms with Gasteiger partial charge in [-0.3, -0.25) is 4.90 Å². The lowest BCUT2D eigenvalue weighted by Gasteiger charge is -2.36. The molecule has 4 heterocycles. The zero-order valence-electron chi connectivity index (χ0n) is 14.8. The lowest BCUT2D eigenvalue weighted by atomic mass is 10.1. The van der Waals surface area contributed by atoms with Crippen molar-refractivity contribution in [3.8, 4) is 0 Å². The van der Waals surface area contributed by atoms with Crippen molar-refractivity contribution in [1.82, 2.24) is 29.7 Å². The third kappa shape index (κ3) is 2.61. The molecule has 7 nitrogen and oxygen atoms in total. The largest absolute Gasteiger partial charge is 0.368 e. The highest BCUT2D eigenvalue weighted by Gasteiger charge is 2.19. The summed E-state index contributed by atoms with van der Waals surface area (Å²) in [5.41, 5.74) is 4.53.